The molecule has 1 fully saturated rings. The molecular weight excluding hydrogens is 226 g/mol. The van der Waals surface area contributed by atoms with Crippen LogP contribution in [0.4, 0.5) is 0 Å². The van der Waals surface area contributed by atoms with E-state index in [1.54, 1.807) is 0 Å². The first-order chi connectivity index (χ1) is 8.52. The van der Waals surface area contributed by atoms with Crippen molar-refractivity contribution in [3.05, 3.63) is 0 Å². The molecule has 1 unspecified atom stereocenters. The van der Waals surface area contributed by atoms with Crippen molar-refractivity contribution >= 4 is 5.91 Å². The van der Waals surface area contributed by atoms with E-state index in [2.05, 4.69) is 31.0 Å². The van der Waals surface area contributed by atoms with Crippen LogP contribution in [-0.4, -0.2) is 43.0 Å². The van der Waals surface area contributed by atoms with E-state index < -0.39 is 0 Å². The molecule has 1 amide bonds. The lowest BCUT2D eigenvalue weighted by Gasteiger charge is -2.32. The van der Waals surface area contributed by atoms with E-state index >= 15 is 0 Å². The van der Waals surface area contributed by atoms with Gasteiger partial charge in [-0.25, -0.2) is 0 Å². The van der Waals surface area contributed by atoms with Gasteiger partial charge in [0.2, 0.25) is 5.91 Å². The molecule has 0 aromatic carbocycles. The van der Waals surface area contributed by atoms with Crippen LogP contribution in [0.1, 0.15) is 40.0 Å². The van der Waals surface area contributed by atoms with E-state index in [0.29, 0.717) is 11.8 Å². The van der Waals surface area contributed by atoms with Gasteiger partial charge < -0.3 is 16.0 Å². The van der Waals surface area contributed by atoms with Gasteiger partial charge in [0.1, 0.15) is 0 Å². The van der Waals surface area contributed by atoms with Crippen LogP contribution in [0.3, 0.4) is 0 Å². The van der Waals surface area contributed by atoms with Gasteiger partial charge in [-0.1, -0.05) is 20.8 Å². The summed E-state index contributed by atoms with van der Waals surface area (Å²) in [5, 5.41) is 3.01. The van der Waals surface area contributed by atoms with Gasteiger partial charge in [0.05, 0.1) is 6.04 Å². The van der Waals surface area contributed by atoms with Gasteiger partial charge in [-0.2, -0.15) is 0 Å². The Morgan fingerprint density at radius 1 is 1.50 bits per heavy atom. The Morgan fingerprint density at radius 2 is 2.22 bits per heavy atom. The van der Waals surface area contributed by atoms with Crippen molar-refractivity contribution in [3.63, 3.8) is 0 Å². The maximum Gasteiger partial charge on any atom is 0.236 e. The Morgan fingerprint density at radius 3 is 2.83 bits per heavy atom. The molecule has 4 heteroatoms. The summed E-state index contributed by atoms with van der Waals surface area (Å²) >= 11 is 0. The van der Waals surface area contributed by atoms with Crippen molar-refractivity contribution in [2.24, 2.45) is 17.6 Å². The van der Waals surface area contributed by atoms with Crippen molar-refractivity contribution in [3.8, 4) is 0 Å². The van der Waals surface area contributed by atoms with Gasteiger partial charge in [0.15, 0.2) is 0 Å². The van der Waals surface area contributed by atoms with Crippen LogP contribution < -0.4 is 11.1 Å². The Labute approximate surface area is 111 Å². The zero-order valence-electron chi connectivity index (χ0n) is 12.1. The van der Waals surface area contributed by atoms with Gasteiger partial charge in [-0.05, 0) is 44.2 Å². The number of nitrogens with one attached hydrogen (secondary N) is 1. The second-order valence-electron chi connectivity index (χ2n) is 5.88. The summed E-state index contributed by atoms with van der Waals surface area (Å²) in [5.41, 5.74) is 5.86. The fourth-order valence-corrected chi connectivity index (χ4v) is 2.60. The highest BCUT2D eigenvalue weighted by atomic mass is 16.2. The van der Waals surface area contributed by atoms with E-state index in [4.69, 9.17) is 5.73 Å². The maximum absolute atomic E-state index is 11.8. The normalized spacial score (nSPS) is 23.1. The molecule has 0 aliphatic carbocycles. The minimum absolute atomic E-state index is 0.0114. The van der Waals surface area contributed by atoms with Gasteiger partial charge in [-0.3, -0.25) is 4.79 Å². The second-order valence-corrected chi connectivity index (χ2v) is 5.88. The molecular formula is C14H29N3O. The first-order valence-electron chi connectivity index (χ1n) is 7.28. The molecule has 106 valence electrons. The van der Waals surface area contributed by atoms with Crippen molar-refractivity contribution in [2.75, 3.05) is 26.2 Å². The molecule has 18 heavy (non-hydrogen) atoms. The average Bonchev–Trinajstić information content (AvgIpc) is 2.35. The average molecular weight is 255 g/mol. The van der Waals surface area contributed by atoms with Crippen LogP contribution in [0, 0.1) is 11.8 Å². The van der Waals surface area contributed by atoms with Crippen molar-refractivity contribution in [2.45, 2.75) is 46.1 Å². The fraction of sp³-hybridized carbons (Fsp3) is 0.929. The summed E-state index contributed by atoms with van der Waals surface area (Å²) in [4.78, 5) is 14.3. The number of likely N-dealkylation sites (tertiary alicyclic amines) is 1. The number of amides is 1. The maximum atomic E-state index is 11.8. The topological polar surface area (TPSA) is 58.4 Å². The molecule has 1 heterocycles. The number of rotatable bonds is 6. The molecule has 0 aromatic rings. The monoisotopic (exact) mass is 255 g/mol. The first-order valence-corrected chi connectivity index (χ1v) is 7.28. The molecule has 0 spiro atoms. The summed E-state index contributed by atoms with van der Waals surface area (Å²) in [6.07, 6.45) is 3.22. The standard InChI is InChI=1S/C14H29N3O/c1-4-17-7-5-6-12(10-17)9-16-14(18)13(15)8-11(2)3/h11-13H,4-10,15H2,1-3H3,(H,16,18)/t12?,13-/m0/s1. The van der Waals surface area contributed by atoms with Crippen LogP contribution in [0.2, 0.25) is 0 Å². The fourth-order valence-electron chi connectivity index (χ4n) is 2.60. The lowest BCUT2D eigenvalue weighted by Crippen LogP contribution is -2.46. The van der Waals surface area contributed by atoms with Crippen LogP contribution in [0.25, 0.3) is 0 Å². The molecule has 1 aliphatic heterocycles. The number of nitrogens with zero attached hydrogens (tertiary/aromatic N) is 1. The zero-order chi connectivity index (χ0) is 13.5. The van der Waals surface area contributed by atoms with Crippen molar-refractivity contribution in [1.29, 1.82) is 0 Å². The van der Waals surface area contributed by atoms with Crippen molar-refractivity contribution < 1.29 is 4.79 Å². The van der Waals surface area contributed by atoms with Crippen LogP contribution >= 0.6 is 0 Å². The summed E-state index contributed by atoms with van der Waals surface area (Å²) < 4.78 is 0. The molecule has 4 nitrogen and oxygen atoms in total. The van der Waals surface area contributed by atoms with E-state index in [0.717, 1.165) is 26.1 Å². The molecule has 0 aromatic heterocycles. The van der Waals surface area contributed by atoms with Crippen molar-refractivity contribution in [1.82, 2.24) is 10.2 Å². The van der Waals surface area contributed by atoms with E-state index in [1.165, 1.54) is 19.4 Å². The highest BCUT2D eigenvalue weighted by Crippen LogP contribution is 2.15. The third kappa shape index (κ3) is 5.36. The highest BCUT2D eigenvalue weighted by molar-refractivity contribution is 5.81. The summed E-state index contributed by atoms with van der Waals surface area (Å²) in [6.45, 7) is 10.6. The number of nitrogens with two attached hydrogens (primary N) is 1. The van der Waals surface area contributed by atoms with Gasteiger partial charge >= 0.3 is 0 Å². The van der Waals surface area contributed by atoms with Crippen LogP contribution in [0.15, 0.2) is 0 Å². The highest BCUT2D eigenvalue weighted by Gasteiger charge is 2.20. The number of piperidine rings is 1. The van der Waals surface area contributed by atoms with Gasteiger partial charge in [-0.15, -0.1) is 0 Å². The number of hydrogen-bond acceptors (Lipinski definition) is 3. The molecule has 1 aliphatic rings. The van der Waals surface area contributed by atoms with Crippen LogP contribution in [-0.2, 0) is 4.79 Å². The summed E-state index contributed by atoms with van der Waals surface area (Å²) in [5.74, 6) is 1.07. The minimum Gasteiger partial charge on any atom is -0.354 e. The molecule has 1 rings (SSSR count). The molecule has 3 N–H and O–H groups in total. The predicted molar refractivity (Wildman–Crippen MR) is 75.3 cm³/mol. The molecule has 0 saturated carbocycles. The lowest BCUT2D eigenvalue weighted by molar-refractivity contribution is -0.122. The Kier molecular flexibility index (Phi) is 6.65. The summed E-state index contributed by atoms with van der Waals surface area (Å²) in [6, 6.07) is -0.351. The molecule has 1 saturated heterocycles. The number of carbonyl (C=O) groups is 1. The zero-order valence-corrected chi connectivity index (χ0v) is 12.1. The first kappa shape index (κ1) is 15.4. The van der Waals surface area contributed by atoms with E-state index in [1.807, 2.05) is 0 Å². The largest absolute Gasteiger partial charge is 0.354 e. The van der Waals surface area contributed by atoms with E-state index in [9.17, 15) is 4.79 Å². The molecule has 0 bridgehead atoms. The van der Waals surface area contributed by atoms with Crippen LogP contribution in [0.5, 0.6) is 0 Å². The van der Waals surface area contributed by atoms with Gasteiger partial charge in [0.25, 0.3) is 0 Å². The van der Waals surface area contributed by atoms with E-state index in [-0.39, 0.29) is 11.9 Å². The number of hydrogen-bond donors (Lipinski definition) is 2. The number of carbonyl (C=O) groups excluding carboxylic acids is 1. The third-order valence-electron chi connectivity index (χ3n) is 3.68. The molecule has 0 radical (unpaired) electrons. The third-order valence-corrected chi connectivity index (χ3v) is 3.68. The lowest BCUT2D eigenvalue weighted by atomic mass is 9.97. The quantitative estimate of drug-likeness (QED) is 0.750. The summed E-state index contributed by atoms with van der Waals surface area (Å²) in [7, 11) is 0. The Hall–Kier alpha value is -0.610. The minimum atomic E-state index is -0.351. The van der Waals surface area contributed by atoms with Gasteiger partial charge in [0, 0.05) is 13.1 Å². The smallest absolute Gasteiger partial charge is 0.236 e. The SMILES string of the molecule is CCN1CCCC(CNC(=O)[C@@H](N)CC(C)C)C1. The second kappa shape index (κ2) is 7.74. The Bertz CT molecular complexity index is 255. The molecule has 2 atom stereocenters. The predicted octanol–water partition coefficient (Wildman–Crippen LogP) is 1.21. The Balaban J connectivity index is 2.25.